The van der Waals surface area contributed by atoms with Crippen molar-refractivity contribution in [3.8, 4) is 0 Å². The molecule has 0 aliphatic heterocycles. The quantitative estimate of drug-likeness (QED) is 0.788. The minimum Gasteiger partial charge on any atom is -0.339 e. The Morgan fingerprint density at radius 2 is 1.96 bits per heavy atom. The first kappa shape index (κ1) is 20.0. The zero-order valence-electron chi connectivity index (χ0n) is 13.3. The smallest absolute Gasteiger partial charge is 0.339 e. The lowest BCUT2D eigenvalue weighted by Gasteiger charge is -2.14. The van der Waals surface area contributed by atoms with E-state index in [4.69, 9.17) is 11.6 Å². The van der Waals surface area contributed by atoms with Crippen molar-refractivity contribution in [2.75, 3.05) is 5.32 Å². The molecule has 1 heterocycles. The Balaban J connectivity index is 2.42. The first-order valence-corrected chi connectivity index (χ1v) is 9.05. The van der Waals surface area contributed by atoms with Gasteiger partial charge in [-0.3, -0.25) is 4.79 Å². The van der Waals surface area contributed by atoms with Gasteiger partial charge in [-0.25, -0.2) is 18.1 Å². The summed E-state index contributed by atoms with van der Waals surface area (Å²) in [7, 11) is -4.24. The van der Waals surface area contributed by atoms with Crippen molar-refractivity contribution in [1.29, 1.82) is 0 Å². The fourth-order valence-electron chi connectivity index (χ4n) is 1.94. The molecule has 1 aromatic heterocycles. The molecule has 0 unspecified atom stereocenters. The number of carbonyl (C=O) groups excluding carboxylic acids is 1. The summed E-state index contributed by atoms with van der Waals surface area (Å²) in [5.74, 6) is -0.968. The number of sulfonamides is 1. The van der Waals surface area contributed by atoms with Crippen molar-refractivity contribution < 1.29 is 26.4 Å². The fourth-order valence-corrected chi connectivity index (χ4v) is 3.33. The van der Waals surface area contributed by atoms with E-state index in [1.54, 1.807) is 0 Å². The number of halogens is 4. The van der Waals surface area contributed by atoms with Gasteiger partial charge in [0.2, 0.25) is 5.91 Å². The van der Waals surface area contributed by atoms with E-state index in [1.165, 1.54) is 31.3 Å². The maximum Gasteiger partial charge on any atom is 0.417 e. The number of anilines is 2. The van der Waals surface area contributed by atoms with Crippen molar-refractivity contribution >= 4 is 39.0 Å². The van der Waals surface area contributed by atoms with E-state index in [0.717, 1.165) is 12.1 Å². The number of nitrogens with one attached hydrogen (secondary N) is 2. The van der Waals surface area contributed by atoms with E-state index < -0.39 is 32.7 Å². The van der Waals surface area contributed by atoms with E-state index in [2.05, 4.69) is 10.3 Å². The molecule has 0 saturated heterocycles. The van der Waals surface area contributed by atoms with Crippen molar-refractivity contribution in [1.82, 2.24) is 9.71 Å². The monoisotopic (exact) mass is 407 g/mol. The summed E-state index contributed by atoms with van der Waals surface area (Å²) in [5.41, 5.74) is -1.15. The van der Waals surface area contributed by atoms with Crippen molar-refractivity contribution in [2.24, 2.45) is 0 Å². The minimum absolute atomic E-state index is 0.0611. The standard InChI is InChI=1S/C15H13ClF3N3O3S/c1-2-13(23)22-26(24,25)12-4-3-7-20-14(12)21-9-5-6-11(16)10(8-9)15(17,18)19/h3-8H,2H2,1H3,(H,20,21)(H,22,23). The van der Waals surface area contributed by atoms with Crippen LogP contribution in [0, 0.1) is 0 Å². The molecule has 0 aliphatic carbocycles. The van der Waals surface area contributed by atoms with Crippen LogP contribution in [-0.2, 0) is 21.0 Å². The summed E-state index contributed by atoms with van der Waals surface area (Å²) < 4.78 is 65.2. The lowest BCUT2D eigenvalue weighted by molar-refractivity contribution is -0.137. The number of amides is 1. The summed E-state index contributed by atoms with van der Waals surface area (Å²) in [6, 6.07) is 5.49. The van der Waals surface area contributed by atoms with E-state index in [9.17, 15) is 26.4 Å². The van der Waals surface area contributed by atoms with Crippen LogP contribution in [0.1, 0.15) is 18.9 Å². The zero-order chi connectivity index (χ0) is 19.5. The van der Waals surface area contributed by atoms with E-state index in [-0.39, 0.29) is 22.8 Å². The number of benzene rings is 1. The molecule has 2 N–H and O–H groups in total. The molecular weight excluding hydrogens is 395 g/mol. The van der Waals surface area contributed by atoms with Crippen LogP contribution in [0.15, 0.2) is 41.4 Å². The van der Waals surface area contributed by atoms with Crippen molar-refractivity contribution in [3.05, 3.63) is 47.1 Å². The molecule has 0 spiro atoms. The number of hydrogen-bond donors (Lipinski definition) is 2. The number of pyridine rings is 1. The summed E-state index contributed by atoms with van der Waals surface area (Å²) >= 11 is 5.55. The predicted octanol–water partition coefficient (Wildman–Crippen LogP) is 3.71. The van der Waals surface area contributed by atoms with Gasteiger partial charge in [0.25, 0.3) is 10.0 Å². The molecule has 26 heavy (non-hydrogen) atoms. The van der Waals surface area contributed by atoms with Crippen LogP contribution in [0.5, 0.6) is 0 Å². The topological polar surface area (TPSA) is 88.2 Å². The third-order valence-electron chi connectivity index (χ3n) is 3.16. The van der Waals surface area contributed by atoms with Gasteiger partial charge in [-0.2, -0.15) is 13.2 Å². The van der Waals surface area contributed by atoms with Crippen LogP contribution >= 0.6 is 11.6 Å². The van der Waals surface area contributed by atoms with Gasteiger partial charge in [0.1, 0.15) is 4.90 Å². The zero-order valence-corrected chi connectivity index (χ0v) is 14.8. The van der Waals surface area contributed by atoms with Crippen molar-refractivity contribution in [2.45, 2.75) is 24.4 Å². The second-order valence-corrected chi connectivity index (χ2v) is 7.11. The molecular formula is C15H13ClF3N3O3S. The number of alkyl halides is 3. The summed E-state index contributed by atoms with van der Waals surface area (Å²) in [5, 5.41) is 2.02. The molecule has 2 aromatic rings. The Labute approximate surface area is 152 Å². The Morgan fingerprint density at radius 1 is 1.27 bits per heavy atom. The second-order valence-electron chi connectivity index (χ2n) is 5.05. The number of aromatic nitrogens is 1. The number of nitrogens with zero attached hydrogens (tertiary/aromatic N) is 1. The highest BCUT2D eigenvalue weighted by atomic mass is 35.5. The third kappa shape index (κ3) is 4.64. The highest BCUT2D eigenvalue weighted by Gasteiger charge is 2.33. The average Bonchev–Trinajstić information content (AvgIpc) is 2.55. The molecule has 0 radical (unpaired) electrons. The molecule has 0 fully saturated rings. The van der Waals surface area contributed by atoms with Gasteiger partial charge < -0.3 is 5.32 Å². The highest BCUT2D eigenvalue weighted by molar-refractivity contribution is 7.90. The minimum atomic E-state index is -4.68. The molecule has 0 saturated carbocycles. The number of hydrogen-bond acceptors (Lipinski definition) is 5. The molecule has 0 bridgehead atoms. The van der Waals surface area contributed by atoms with Gasteiger partial charge in [-0.15, -0.1) is 0 Å². The largest absolute Gasteiger partial charge is 0.417 e. The first-order chi connectivity index (χ1) is 12.0. The molecule has 1 amide bonds. The van der Waals surface area contributed by atoms with Crippen LogP contribution < -0.4 is 10.0 Å². The summed E-state index contributed by atoms with van der Waals surface area (Å²) in [4.78, 5) is 14.8. The van der Waals surface area contributed by atoms with Crippen LogP contribution in [0.2, 0.25) is 5.02 Å². The Morgan fingerprint density at radius 3 is 2.58 bits per heavy atom. The second kappa shape index (κ2) is 7.50. The predicted molar refractivity (Wildman–Crippen MR) is 89.6 cm³/mol. The van der Waals surface area contributed by atoms with Gasteiger partial charge in [0.15, 0.2) is 5.82 Å². The van der Waals surface area contributed by atoms with Gasteiger partial charge in [-0.1, -0.05) is 18.5 Å². The molecule has 6 nitrogen and oxygen atoms in total. The Hall–Kier alpha value is -2.33. The molecule has 2 rings (SSSR count). The van der Waals surface area contributed by atoms with Crippen LogP contribution in [0.4, 0.5) is 24.7 Å². The lowest BCUT2D eigenvalue weighted by atomic mass is 10.2. The van der Waals surface area contributed by atoms with Gasteiger partial charge in [-0.05, 0) is 30.3 Å². The van der Waals surface area contributed by atoms with E-state index in [0.29, 0.717) is 0 Å². The number of rotatable bonds is 5. The maximum absolute atomic E-state index is 12.9. The highest BCUT2D eigenvalue weighted by Crippen LogP contribution is 2.37. The first-order valence-electron chi connectivity index (χ1n) is 7.19. The average molecular weight is 408 g/mol. The van der Waals surface area contributed by atoms with E-state index >= 15 is 0 Å². The SMILES string of the molecule is CCC(=O)NS(=O)(=O)c1cccnc1Nc1ccc(Cl)c(C(F)(F)F)c1. The summed E-state index contributed by atoms with van der Waals surface area (Å²) in [6.45, 7) is 1.47. The Kier molecular flexibility index (Phi) is 5.77. The normalized spacial score (nSPS) is 11.9. The third-order valence-corrected chi connectivity index (χ3v) is 4.90. The van der Waals surface area contributed by atoms with Crippen molar-refractivity contribution in [3.63, 3.8) is 0 Å². The summed E-state index contributed by atoms with van der Waals surface area (Å²) in [6.07, 6.45) is -3.49. The van der Waals surface area contributed by atoms with Gasteiger partial charge in [0, 0.05) is 18.3 Å². The molecule has 11 heteroatoms. The van der Waals surface area contributed by atoms with Gasteiger partial charge in [0.05, 0.1) is 10.6 Å². The number of carbonyl (C=O) groups is 1. The van der Waals surface area contributed by atoms with E-state index in [1.807, 2.05) is 4.72 Å². The molecule has 0 atom stereocenters. The Bertz CT molecular complexity index is 933. The fraction of sp³-hybridized carbons (Fsp3) is 0.200. The van der Waals surface area contributed by atoms with Gasteiger partial charge >= 0.3 is 6.18 Å². The van der Waals surface area contributed by atoms with Crippen LogP contribution in [0.25, 0.3) is 0 Å². The molecule has 0 aliphatic rings. The lowest BCUT2D eigenvalue weighted by Crippen LogP contribution is -2.30. The maximum atomic E-state index is 12.9. The van der Waals surface area contributed by atoms with Crippen LogP contribution in [0.3, 0.4) is 0 Å². The molecule has 1 aromatic carbocycles. The molecule has 140 valence electrons. The van der Waals surface area contributed by atoms with Crippen LogP contribution in [-0.4, -0.2) is 19.3 Å².